The van der Waals surface area contributed by atoms with E-state index >= 15 is 0 Å². The summed E-state index contributed by atoms with van der Waals surface area (Å²) in [5, 5.41) is 2.72. The first-order chi connectivity index (χ1) is 9.85. The van der Waals surface area contributed by atoms with Gasteiger partial charge in [-0.15, -0.1) is 13.2 Å². The average molecular weight is 317 g/mol. The Morgan fingerprint density at radius 1 is 1.38 bits per heavy atom. The number of hydrogen-bond acceptors (Lipinski definition) is 5. The lowest BCUT2D eigenvalue weighted by molar-refractivity contribution is -0.274. The molecule has 0 aliphatic heterocycles. The number of para-hydroxylation sites is 1. The minimum absolute atomic E-state index is 0.108. The number of alkyl halides is 3. The van der Waals surface area contributed by atoms with Gasteiger partial charge in [0.05, 0.1) is 6.20 Å². The molecule has 0 saturated heterocycles. The predicted molar refractivity (Wildman–Crippen MR) is 70.8 cm³/mol. The third kappa shape index (κ3) is 4.35. The monoisotopic (exact) mass is 317 g/mol. The quantitative estimate of drug-likeness (QED) is 0.908. The number of amides is 1. The average Bonchev–Trinajstić information content (AvgIpc) is 2.82. The van der Waals surface area contributed by atoms with Crippen LogP contribution in [0.3, 0.4) is 0 Å². The first kappa shape index (κ1) is 15.1. The number of nitrogens with two attached hydrogens (primary N) is 1. The van der Waals surface area contributed by atoms with Crippen LogP contribution in [-0.4, -0.2) is 17.3 Å². The smallest absolute Gasteiger partial charge is 0.405 e. The lowest BCUT2D eigenvalue weighted by Gasteiger charge is -2.13. The number of halogens is 3. The van der Waals surface area contributed by atoms with Crippen LogP contribution in [0.1, 0.15) is 15.2 Å². The molecule has 21 heavy (non-hydrogen) atoms. The molecule has 2 rings (SSSR count). The Kier molecular flexibility index (Phi) is 4.32. The molecule has 3 N–H and O–H groups in total. The lowest BCUT2D eigenvalue weighted by atomic mass is 10.2. The van der Waals surface area contributed by atoms with Crippen LogP contribution < -0.4 is 15.8 Å². The predicted octanol–water partition coefficient (Wildman–Crippen LogP) is 2.55. The Morgan fingerprint density at radius 3 is 2.71 bits per heavy atom. The van der Waals surface area contributed by atoms with Gasteiger partial charge in [0.25, 0.3) is 5.91 Å². The van der Waals surface area contributed by atoms with E-state index in [0.29, 0.717) is 0 Å². The summed E-state index contributed by atoms with van der Waals surface area (Å²) in [4.78, 5) is 15.8. The van der Waals surface area contributed by atoms with E-state index in [1.165, 1.54) is 24.4 Å². The minimum atomic E-state index is -4.79. The molecule has 1 aromatic carbocycles. The van der Waals surface area contributed by atoms with E-state index < -0.39 is 12.3 Å². The number of carbonyl (C=O) groups is 1. The largest absolute Gasteiger partial charge is 0.573 e. The highest BCUT2D eigenvalue weighted by Crippen LogP contribution is 2.26. The van der Waals surface area contributed by atoms with Crippen LogP contribution in [0.4, 0.5) is 18.3 Å². The highest BCUT2D eigenvalue weighted by atomic mass is 32.1. The third-order valence-corrected chi connectivity index (χ3v) is 3.21. The SMILES string of the molecule is Nc1ncc(C(=O)NCc2ccccc2OC(F)(F)F)s1. The number of aromatic nitrogens is 1. The first-order valence-corrected chi connectivity index (χ1v) is 6.50. The maximum atomic E-state index is 12.3. The van der Waals surface area contributed by atoms with Crippen LogP contribution in [0.2, 0.25) is 0 Å². The standard InChI is InChI=1S/C12H10F3N3O2S/c13-12(14,15)20-8-4-2-1-3-7(8)5-17-10(19)9-6-18-11(16)21-9/h1-4,6H,5H2,(H2,16,18)(H,17,19). The van der Waals surface area contributed by atoms with Gasteiger partial charge >= 0.3 is 6.36 Å². The molecular formula is C12H10F3N3O2S. The van der Waals surface area contributed by atoms with E-state index in [9.17, 15) is 18.0 Å². The Balaban J connectivity index is 2.05. The molecule has 0 fully saturated rings. The number of nitrogens with zero attached hydrogens (tertiary/aromatic N) is 1. The number of nitrogen functional groups attached to an aromatic ring is 1. The van der Waals surface area contributed by atoms with Gasteiger partial charge in [0.1, 0.15) is 10.6 Å². The number of rotatable bonds is 4. The van der Waals surface area contributed by atoms with Crippen molar-refractivity contribution < 1.29 is 22.7 Å². The van der Waals surface area contributed by atoms with Gasteiger partial charge in [0.15, 0.2) is 5.13 Å². The first-order valence-electron chi connectivity index (χ1n) is 5.68. The number of carbonyl (C=O) groups excluding carboxylic acids is 1. The molecule has 1 aromatic heterocycles. The minimum Gasteiger partial charge on any atom is -0.405 e. The summed E-state index contributed by atoms with van der Waals surface area (Å²) in [6, 6.07) is 5.58. The van der Waals surface area contributed by atoms with Crippen molar-refractivity contribution in [1.82, 2.24) is 10.3 Å². The molecule has 0 bridgehead atoms. The normalized spacial score (nSPS) is 11.2. The van der Waals surface area contributed by atoms with Crippen molar-refractivity contribution >= 4 is 22.4 Å². The van der Waals surface area contributed by atoms with Crippen LogP contribution in [0, 0.1) is 0 Å². The van der Waals surface area contributed by atoms with Crippen molar-refractivity contribution in [2.45, 2.75) is 12.9 Å². The fraction of sp³-hybridized carbons (Fsp3) is 0.167. The van der Waals surface area contributed by atoms with Crippen molar-refractivity contribution in [2.75, 3.05) is 5.73 Å². The molecule has 0 spiro atoms. The molecule has 0 radical (unpaired) electrons. The summed E-state index contributed by atoms with van der Waals surface area (Å²) in [6.07, 6.45) is -3.49. The molecule has 0 atom stereocenters. The topological polar surface area (TPSA) is 77.2 Å². The number of ether oxygens (including phenoxy) is 1. The Bertz CT molecular complexity index is 643. The Hall–Kier alpha value is -2.29. The third-order valence-electron chi connectivity index (χ3n) is 2.39. The van der Waals surface area contributed by atoms with E-state index in [4.69, 9.17) is 5.73 Å². The summed E-state index contributed by atoms with van der Waals surface area (Å²) in [5.41, 5.74) is 5.61. The molecule has 0 aliphatic rings. The van der Waals surface area contributed by atoms with E-state index in [2.05, 4.69) is 15.0 Å². The number of hydrogen-bond donors (Lipinski definition) is 2. The molecule has 9 heteroatoms. The van der Waals surface area contributed by atoms with Gasteiger partial charge in [0.2, 0.25) is 0 Å². The van der Waals surface area contributed by atoms with Crippen molar-refractivity contribution in [3.8, 4) is 5.75 Å². The maximum absolute atomic E-state index is 12.3. The molecule has 0 unspecified atom stereocenters. The molecule has 1 heterocycles. The van der Waals surface area contributed by atoms with Crippen molar-refractivity contribution in [2.24, 2.45) is 0 Å². The van der Waals surface area contributed by atoms with Gasteiger partial charge in [-0.2, -0.15) is 0 Å². The van der Waals surface area contributed by atoms with Gasteiger partial charge in [-0.3, -0.25) is 4.79 Å². The summed E-state index contributed by atoms with van der Waals surface area (Å²) in [6.45, 7) is -0.108. The zero-order chi connectivity index (χ0) is 15.5. The summed E-state index contributed by atoms with van der Waals surface area (Å²) in [5.74, 6) is -0.819. The maximum Gasteiger partial charge on any atom is 0.573 e. The Labute approximate surface area is 121 Å². The van der Waals surface area contributed by atoms with Crippen LogP contribution in [0.15, 0.2) is 30.5 Å². The summed E-state index contributed by atoms with van der Waals surface area (Å²) >= 11 is 0.989. The fourth-order valence-corrected chi connectivity index (χ4v) is 2.13. The molecule has 0 aliphatic carbocycles. The second-order valence-corrected chi connectivity index (χ2v) is 4.96. The second-order valence-electron chi connectivity index (χ2n) is 3.90. The summed E-state index contributed by atoms with van der Waals surface area (Å²) in [7, 11) is 0. The van der Waals surface area contributed by atoms with Gasteiger partial charge < -0.3 is 15.8 Å². The molecule has 2 aromatic rings. The van der Waals surface area contributed by atoms with Crippen molar-refractivity contribution in [1.29, 1.82) is 0 Å². The fourth-order valence-electron chi connectivity index (χ4n) is 1.53. The van der Waals surface area contributed by atoms with Crippen molar-refractivity contribution in [3.63, 3.8) is 0 Å². The zero-order valence-corrected chi connectivity index (χ0v) is 11.3. The second kappa shape index (κ2) is 6.00. The molecule has 1 amide bonds. The number of thiazole rings is 1. The Morgan fingerprint density at radius 2 is 2.10 bits per heavy atom. The van der Waals surface area contributed by atoms with Crippen LogP contribution >= 0.6 is 11.3 Å². The zero-order valence-electron chi connectivity index (χ0n) is 10.5. The van der Waals surface area contributed by atoms with Crippen LogP contribution in [0.25, 0.3) is 0 Å². The highest BCUT2D eigenvalue weighted by molar-refractivity contribution is 7.17. The lowest BCUT2D eigenvalue weighted by Crippen LogP contribution is -2.23. The van der Waals surface area contributed by atoms with Gasteiger partial charge in [-0.1, -0.05) is 29.5 Å². The number of nitrogens with one attached hydrogen (secondary N) is 1. The molecule has 5 nitrogen and oxygen atoms in total. The molecular weight excluding hydrogens is 307 g/mol. The van der Waals surface area contributed by atoms with Gasteiger partial charge in [-0.25, -0.2) is 4.98 Å². The van der Waals surface area contributed by atoms with E-state index in [0.717, 1.165) is 11.3 Å². The van der Waals surface area contributed by atoms with Crippen molar-refractivity contribution in [3.05, 3.63) is 40.9 Å². The highest BCUT2D eigenvalue weighted by Gasteiger charge is 2.32. The molecule has 112 valence electrons. The number of anilines is 1. The van der Waals surface area contributed by atoms with E-state index in [1.54, 1.807) is 6.07 Å². The van der Waals surface area contributed by atoms with E-state index in [-0.39, 0.29) is 27.9 Å². The van der Waals surface area contributed by atoms with Gasteiger partial charge in [0, 0.05) is 12.1 Å². The van der Waals surface area contributed by atoms with Gasteiger partial charge in [-0.05, 0) is 6.07 Å². The number of benzene rings is 1. The van der Waals surface area contributed by atoms with Crippen LogP contribution in [0.5, 0.6) is 5.75 Å². The summed E-state index contributed by atoms with van der Waals surface area (Å²) < 4.78 is 40.7. The van der Waals surface area contributed by atoms with E-state index in [1.807, 2.05) is 0 Å². The molecule has 0 saturated carbocycles. The van der Waals surface area contributed by atoms with Crippen LogP contribution in [-0.2, 0) is 6.54 Å².